The van der Waals surface area contributed by atoms with E-state index in [1.807, 2.05) is 79.0 Å². The van der Waals surface area contributed by atoms with Crippen molar-refractivity contribution in [2.45, 2.75) is 11.5 Å². The summed E-state index contributed by atoms with van der Waals surface area (Å²) < 4.78 is 11.5. The van der Waals surface area contributed by atoms with Crippen LogP contribution >= 0.6 is 35.1 Å². The fourth-order valence-corrected chi connectivity index (χ4v) is 6.43. The second kappa shape index (κ2) is 13.4. The predicted octanol–water partition coefficient (Wildman–Crippen LogP) is 5.67. The largest absolute Gasteiger partial charge is 0.484 e. The van der Waals surface area contributed by atoms with Crippen molar-refractivity contribution in [3.8, 4) is 11.5 Å². The minimum absolute atomic E-state index is 0.151. The van der Waals surface area contributed by atoms with Crippen molar-refractivity contribution >= 4 is 58.8 Å². The van der Waals surface area contributed by atoms with E-state index in [-0.39, 0.29) is 25.0 Å². The molecule has 0 atom stereocenters. The minimum atomic E-state index is -0.382. The molecule has 0 aromatic heterocycles. The first-order valence-electron chi connectivity index (χ1n) is 11.5. The molecule has 10 heteroatoms. The Morgan fingerprint density at radius 3 is 2.38 bits per heavy atom. The van der Waals surface area contributed by atoms with E-state index < -0.39 is 0 Å². The maximum absolute atomic E-state index is 12.1. The van der Waals surface area contributed by atoms with Crippen molar-refractivity contribution in [2.75, 3.05) is 30.0 Å². The van der Waals surface area contributed by atoms with E-state index in [1.54, 1.807) is 18.2 Å². The quantitative estimate of drug-likeness (QED) is 0.247. The second-order valence-electron chi connectivity index (χ2n) is 8.12. The Hall–Kier alpha value is -3.14. The Morgan fingerprint density at radius 2 is 1.68 bits per heavy atom. The Bertz CT molecular complexity index is 1250. The monoisotopic (exact) mass is 555 g/mol. The number of nitrogens with zero attached hydrogens (tertiary/aromatic N) is 1. The average molecular weight is 556 g/mol. The fourth-order valence-electron chi connectivity index (χ4n) is 3.32. The van der Waals surface area contributed by atoms with Crippen LogP contribution in [0.1, 0.15) is 21.3 Å². The molecular weight excluding hydrogens is 530 g/mol. The highest BCUT2D eigenvalue weighted by molar-refractivity contribution is 8.19. The van der Waals surface area contributed by atoms with Crippen LogP contribution in [-0.4, -0.2) is 42.7 Å². The van der Waals surface area contributed by atoms with Gasteiger partial charge in [-0.15, -0.1) is 23.5 Å². The molecule has 192 valence electrons. The third-order valence-corrected chi connectivity index (χ3v) is 8.60. The number of ether oxygens (including phenoxy) is 2. The molecule has 1 fully saturated rings. The third kappa shape index (κ3) is 8.45. The molecule has 0 unspecified atom stereocenters. The van der Waals surface area contributed by atoms with Crippen LogP contribution in [0.5, 0.6) is 11.5 Å². The number of aryl methyl sites for hydroxylation is 1. The topological polar surface area (TPSA) is 89.0 Å². The highest BCUT2D eigenvalue weighted by atomic mass is 35.5. The number of benzene rings is 3. The first-order valence-corrected chi connectivity index (χ1v) is 14.0. The first-order chi connectivity index (χ1) is 18.0. The van der Waals surface area contributed by atoms with Gasteiger partial charge in [0, 0.05) is 17.2 Å². The summed E-state index contributed by atoms with van der Waals surface area (Å²) in [4.78, 5) is 24.2. The number of hydrazone groups is 1. The molecule has 1 saturated heterocycles. The molecule has 2 amide bonds. The van der Waals surface area contributed by atoms with Gasteiger partial charge in [0.1, 0.15) is 11.5 Å². The van der Waals surface area contributed by atoms with Crippen LogP contribution in [0, 0.1) is 6.92 Å². The first kappa shape index (κ1) is 26.9. The van der Waals surface area contributed by atoms with Crippen LogP contribution in [0.2, 0.25) is 5.02 Å². The van der Waals surface area contributed by atoms with Gasteiger partial charge in [-0.3, -0.25) is 9.59 Å². The van der Waals surface area contributed by atoms with Gasteiger partial charge in [0.15, 0.2) is 13.2 Å². The van der Waals surface area contributed by atoms with Gasteiger partial charge >= 0.3 is 0 Å². The van der Waals surface area contributed by atoms with E-state index in [1.165, 1.54) is 23.3 Å². The molecule has 4 rings (SSSR count). The summed E-state index contributed by atoms with van der Waals surface area (Å²) in [5, 5.41) is 7.03. The number of hydrogen-bond donors (Lipinski definition) is 2. The van der Waals surface area contributed by atoms with Crippen LogP contribution in [0.4, 0.5) is 5.69 Å². The molecule has 0 radical (unpaired) electrons. The van der Waals surface area contributed by atoms with Crippen molar-refractivity contribution in [1.82, 2.24) is 5.43 Å². The van der Waals surface area contributed by atoms with Crippen molar-refractivity contribution in [2.24, 2.45) is 5.10 Å². The average Bonchev–Trinajstić information content (AvgIpc) is 3.44. The lowest BCUT2D eigenvalue weighted by molar-refractivity contribution is -0.123. The normalized spacial score (nSPS) is 13.5. The zero-order valence-corrected chi connectivity index (χ0v) is 22.5. The van der Waals surface area contributed by atoms with Gasteiger partial charge in [-0.05, 0) is 60.5 Å². The van der Waals surface area contributed by atoms with Gasteiger partial charge in [0.25, 0.3) is 11.8 Å². The molecule has 0 bridgehead atoms. The standard InChI is InChI=1S/C27H26ClN3O4S2/c1-18-2-7-21(8-3-18)30-25(32)16-35-24-11-4-19(14-23(24)28)15-29-31-26(33)17-34-22-9-5-20(6-10-22)27-36-12-13-37-27/h2-11,14-15,27H,12-13,16-17H2,1H3,(H,30,32)(H,31,33)/b29-15-. The molecule has 1 aliphatic rings. The summed E-state index contributed by atoms with van der Waals surface area (Å²) in [6.45, 7) is 1.64. The van der Waals surface area contributed by atoms with E-state index in [0.29, 0.717) is 32.4 Å². The molecule has 37 heavy (non-hydrogen) atoms. The van der Waals surface area contributed by atoms with E-state index in [2.05, 4.69) is 15.8 Å². The van der Waals surface area contributed by atoms with Crippen molar-refractivity contribution < 1.29 is 19.1 Å². The summed E-state index contributed by atoms with van der Waals surface area (Å²) in [5.41, 5.74) is 6.14. The summed E-state index contributed by atoms with van der Waals surface area (Å²) >= 11 is 10.2. The smallest absolute Gasteiger partial charge is 0.277 e. The molecule has 0 spiro atoms. The van der Waals surface area contributed by atoms with E-state index >= 15 is 0 Å². The lowest BCUT2D eigenvalue weighted by Gasteiger charge is -2.10. The molecule has 3 aromatic carbocycles. The molecule has 2 N–H and O–H groups in total. The van der Waals surface area contributed by atoms with Crippen LogP contribution in [0.3, 0.4) is 0 Å². The maximum Gasteiger partial charge on any atom is 0.277 e. The van der Waals surface area contributed by atoms with Crippen LogP contribution in [0.25, 0.3) is 0 Å². The number of rotatable bonds is 10. The Labute approximate surface area is 229 Å². The number of amides is 2. The highest BCUT2D eigenvalue weighted by Gasteiger charge is 2.18. The molecular formula is C27H26ClN3O4S2. The predicted molar refractivity (Wildman–Crippen MR) is 152 cm³/mol. The number of anilines is 1. The van der Waals surface area contributed by atoms with Gasteiger partial charge in [0.2, 0.25) is 0 Å². The van der Waals surface area contributed by atoms with Gasteiger partial charge in [-0.1, -0.05) is 41.4 Å². The molecule has 1 heterocycles. The summed E-state index contributed by atoms with van der Waals surface area (Å²) in [6.07, 6.45) is 1.46. The van der Waals surface area contributed by atoms with Crippen LogP contribution < -0.4 is 20.2 Å². The maximum atomic E-state index is 12.1. The van der Waals surface area contributed by atoms with Gasteiger partial charge < -0.3 is 14.8 Å². The number of halogens is 1. The lowest BCUT2D eigenvalue weighted by atomic mass is 10.2. The number of carbonyl (C=O) groups is 2. The molecule has 0 saturated carbocycles. The van der Waals surface area contributed by atoms with Crippen LogP contribution in [0.15, 0.2) is 71.8 Å². The SMILES string of the molecule is Cc1ccc(NC(=O)COc2ccc(/C=N\NC(=O)COc3ccc(C4SCCS4)cc3)cc2Cl)cc1. The summed E-state index contributed by atoms with van der Waals surface area (Å²) in [7, 11) is 0. The third-order valence-electron chi connectivity index (χ3n) is 5.20. The molecule has 1 aliphatic heterocycles. The summed E-state index contributed by atoms with van der Waals surface area (Å²) in [6, 6.07) is 20.3. The zero-order valence-electron chi connectivity index (χ0n) is 20.1. The number of carbonyl (C=O) groups excluding carboxylic acids is 2. The Balaban J connectivity index is 1.18. The van der Waals surface area contributed by atoms with Gasteiger partial charge in [-0.2, -0.15) is 5.10 Å². The Kier molecular flexibility index (Phi) is 9.76. The number of hydrogen-bond acceptors (Lipinski definition) is 7. The van der Waals surface area contributed by atoms with Crippen molar-refractivity contribution in [1.29, 1.82) is 0 Å². The molecule has 0 aliphatic carbocycles. The Morgan fingerprint density at radius 1 is 0.973 bits per heavy atom. The van der Waals surface area contributed by atoms with Crippen molar-refractivity contribution in [3.63, 3.8) is 0 Å². The molecule has 7 nitrogen and oxygen atoms in total. The van der Waals surface area contributed by atoms with Crippen LogP contribution in [-0.2, 0) is 9.59 Å². The zero-order chi connectivity index (χ0) is 26.0. The van der Waals surface area contributed by atoms with E-state index in [9.17, 15) is 9.59 Å². The van der Waals surface area contributed by atoms with Gasteiger partial charge in [0.05, 0.1) is 15.8 Å². The van der Waals surface area contributed by atoms with E-state index in [4.69, 9.17) is 21.1 Å². The summed E-state index contributed by atoms with van der Waals surface area (Å²) in [5.74, 6) is 2.67. The fraction of sp³-hybridized carbons (Fsp3) is 0.222. The second-order valence-corrected chi connectivity index (χ2v) is 11.2. The van der Waals surface area contributed by atoms with Crippen molar-refractivity contribution in [3.05, 3.63) is 88.4 Å². The van der Waals surface area contributed by atoms with Gasteiger partial charge in [-0.25, -0.2) is 5.43 Å². The van der Waals surface area contributed by atoms with E-state index in [0.717, 1.165) is 5.56 Å². The highest BCUT2D eigenvalue weighted by Crippen LogP contribution is 2.45. The molecule has 3 aromatic rings. The number of nitrogens with one attached hydrogen (secondary N) is 2. The minimum Gasteiger partial charge on any atom is -0.484 e. The number of thioether (sulfide) groups is 2. The lowest BCUT2D eigenvalue weighted by Crippen LogP contribution is -2.24.